The summed E-state index contributed by atoms with van der Waals surface area (Å²) < 4.78 is 22.5. The van der Waals surface area contributed by atoms with E-state index in [-0.39, 0.29) is 5.56 Å². The van der Waals surface area contributed by atoms with E-state index in [9.17, 15) is 9.36 Å². The minimum absolute atomic E-state index is 0.0132. The highest BCUT2D eigenvalue weighted by atomic mass is 31.1. The summed E-state index contributed by atoms with van der Waals surface area (Å²) in [6.45, 7) is 0.305. The van der Waals surface area contributed by atoms with Gasteiger partial charge in [-0.15, -0.1) is 0 Å². The maximum atomic E-state index is 11.0. The molecule has 0 radical (unpaired) electrons. The number of carboxylic acids is 1. The van der Waals surface area contributed by atoms with Crippen LogP contribution in [0.15, 0.2) is 24.5 Å². The molecule has 0 amide bonds. The van der Waals surface area contributed by atoms with Crippen molar-refractivity contribution in [3.63, 3.8) is 0 Å². The maximum Gasteiger partial charge on any atom is 0.341 e. The first-order valence-corrected chi connectivity index (χ1v) is 7.35. The Morgan fingerprint density at radius 1 is 1.57 bits per heavy atom. The van der Waals surface area contributed by atoms with Crippen molar-refractivity contribution in [1.29, 1.82) is 0 Å². The first-order valence-electron chi connectivity index (χ1n) is 6.08. The number of pyridine rings is 1. The molecule has 0 bridgehead atoms. The molecule has 2 rings (SSSR count). The predicted molar refractivity (Wildman–Crippen MR) is 66.6 cm³/mol. The highest BCUT2D eigenvalue weighted by molar-refractivity contribution is 7.32. The van der Waals surface area contributed by atoms with E-state index in [4.69, 9.17) is 20.0 Å². The standard InChI is InChI=1S/C11H14NO8P/c13-9(14)8-3-1-5-12(7-8)11(4-2-6-18-11)10(19-15)20-21(16)17/h1,3,5,7,10,21H,2,4,6H2,(H2-,13,14,15,16,17)/p+1. The van der Waals surface area contributed by atoms with Gasteiger partial charge in [-0.2, -0.15) is 9.45 Å². The second-order valence-electron chi connectivity index (χ2n) is 4.42. The molecule has 21 heavy (non-hydrogen) atoms. The summed E-state index contributed by atoms with van der Waals surface area (Å²) >= 11 is 0. The topological polar surface area (TPSA) is 126 Å². The van der Waals surface area contributed by atoms with Crippen molar-refractivity contribution in [3.8, 4) is 0 Å². The average molecular weight is 320 g/mol. The van der Waals surface area contributed by atoms with Gasteiger partial charge in [0.15, 0.2) is 12.4 Å². The van der Waals surface area contributed by atoms with E-state index in [2.05, 4.69) is 9.41 Å². The third-order valence-corrected chi connectivity index (χ3v) is 3.60. The van der Waals surface area contributed by atoms with Gasteiger partial charge in [0.2, 0.25) is 0 Å². The lowest BCUT2D eigenvalue weighted by atomic mass is 10.1. The van der Waals surface area contributed by atoms with Crippen molar-refractivity contribution in [3.05, 3.63) is 30.1 Å². The molecular formula is C11H15NO8P+. The van der Waals surface area contributed by atoms with E-state index in [0.29, 0.717) is 19.4 Å². The van der Waals surface area contributed by atoms with E-state index < -0.39 is 26.2 Å². The predicted octanol–water partition coefficient (Wildman–Crippen LogP) is 0.350. The van der Waals surface area contributed by atoms with Gasteiger partial charge in [-0.05, 0) is 12.5 Å². The van der Waals surface area contributed by atoms with Gasteiger partial charge in [0.05, 0.1) is 6.61 Å². The lowest BCUT2D eigenvalue weighted by molar-refractivity contribution is -0.824. The number of hydrogen-bond acceptors (Lipinski definition) is 6. The van der Waals surface area contributed by atoms with Crippen LogP contribution in [0.3, 0.4) is 0 Å². The number of hydrogen-bond donors (Lipinski definition) is 3. The number of carbonyl (C=O) groups is 1. The highest BCUT2D eigenvalue weighted by Gasteiger charge is 2.55. The van der Waals surface area contributed by atoms with Gasteiger partial charge in [0, 0.05) is 12.5 Å². The Kier molecular flexibility index (Phi) is 5.04. The summed E-state index contributed by atoms with van der Waals surface area (Å²) in [4.78, 5) is 24.1. The monoisotopic (exact) mass is 320 g/mol. The van der Waals surface area contributed by atoms with Gasteiger partial charge in [-0.1, -0.05) is 0 Å². The number of ether oxygens (including phenoxy) is 1. The van der Waals surface area contributed by atoms with Crippen molar-refractivity contribution >= 4 is 14.2 Å². The zero-order valence-electron chi connectivity index (χ0n) is 10.8. The first kappa shape index (κ1) is 16.0. The molecule has 3 unspecified atom stereocenters. The van der Waals surface area contributed by atoms with Crippen molar-refractivity contribution in [1.82, 2.24) is 0 Å². The summed E-state index contributed by atoms with van der Waals surface area (Å²) in [5, 5.41) is 18.0. The van der Waals surface area contributed by atoms with Gasteiger partial charge in [0.1, 0.15) is 5.56 Å². The number of rotatable bonds is 6. The molecule has 1 aromatic heterocycles. The molecule has 1 fully saturated rings. The Morgan fingerprint density at radius 2 is 2.33 bits per heavy atom. The van der Waals surface area contributed by atoms with Crippen LogP contribution in [0.1, 0.15) is 23.2 Å². The second kappa shape index (κ2) is 6.61. The number of aromatic nitrogens is 1. The van der Waals surface area contributed by atoms with Crippen LogP contribution in [0.5, 0.6) is 0 Å². The molecule has 116 valence electrons. The average Bonchev–Trinajstić information content (AvgIpc) is 2.95. The summed E-state index contributed by atoms with van der Waals surface area (Å²) in [6, 6.07) is 2.86. The van der Waals surface area contributed by atoms with E-state index in [1.54, 1.807) is 0 Å². The second-order valence-corrected chi connectivity index (χ2v) is 5.19. The number of nitrogens with zero attached hydrogens (tertiary/aromatic N) is 1. The van der Waals surface area contributed by atoms with Crippen LogP contribution in [0.4, 0.5) is 0 Å². The minimum Gasteiger partial charge on any atom is -0.477 e. The summed E-state index contributed by atoms with van der Waals surface area (Å²) in [7, 11) is -3.40. The fourth-order valence-corrected chi connectivity index (χ4v) is 2.69. The smallest absolute Gasteiger partial charge is 0.341 e. The normalized spacial score (nSPS) is 24.7. The third kappa shape index (κ3) is 3.29. The van der Waals surface area contributed by atoms with E-state index in [1.807, 2.05) is 0 Å². The van der Waals surface area contributed by atoms with Crippen LogP contribution in [0, 0.1) is 0 Å². The van der Waals surface area contributed by atoms with Gasteiger partial charge in [-0.25, -0.2) is 10.1 Å². The van der Waals surface area contributed by atoms with Crippen LogP contribution in [-0.2, 0) is 24.4 Å². The molecule has 2 heterocycles. The van der Waals surface area contributed by atoms with E-state index >= 15 is 0 Å². The molecule has 1 aliphatic heterocycles. The lowest BCUT2D eigenvalue weighted by Crippen LogP contribution is -2.63. The van der Waals surface area contributed by atoms with Gasteiger partial charge in [-0.3, -0.25) is 9.09 Å². The number of aromatic carboxylic acids is 1. The van der Waals surface area contributed by atoms with Crippen LogP contribution < -0.4 is 4.57 Å². The van der Waals surface area contributed by atoms with Gasteiger partial charge in [0.25, 0.3) is 6.29 Å². The molecule has 0 aromatic carbocycles. The Hall–Kier alpha value is -1.35. The van der Waals surface area contributed by atoms with E-state index in [0.717, 1.165) is 0 Å². The quantitative estimate of drug-likeness (QED) is 0.225. The first-order chi connectivity index (χ1) is 9.99. The maximum absolute atomic E-state index is 11.0. The molecule has 9 nitrogen and oxygen atoms in total. The SMILES string of the molecule is O=C(O)c1ccc[n+](C2(C(OO)O[PH](=O)O)CCCO2)c1. The van der Waals surface area contributed by atoms with Crippen LogP contribution in [0.2, 0.25) is 0 Å². The summed E-state index contributed by atoms with van der Waals surface area (Å²) in [5.41, 5.74) is -1.43. The molecule has 0 spiro atoms. The molecule has 1 aliphatic rings. The van der Waals surface area contributed by atoms with Crippen LogP contribution >= 0.6 is 8.25 Å². The lowest BCUT2D eigenvalue weighted by Gasteiger charge is -2.27. The summed E-state index contributed by atoms with van der Waals surface area (Å²) in [6.07, 6.45) is 2.10. The minimum atomic E-state index is -3.40. The third-order valence-electron chi connectivity index (χ3n) is 3.19. The van der Waals surface area contributed by atoms with Crippen molar-refractivity contribution < 1.29 is 43.3 Å². The molecule has 10 heteroatoms. The van der Waals surface area contributed by atoms with Crippen molar-refractivity contribution in [2.45, 2.75) is 24.9 Å². The molecule has 3 atom stereocenters. The Morgan fingerprint density at radius 3 is 2.86 bits per heavy atom. The Bertz CT molecular complexity index is 545. The fraction of sp³-hybridized carbons (Fsp3) is 0.455. The van der Waals surface area contributed by atoms with Crippen molar-refractivity contribution in [2.75, 3.05) is 6.61 Å². The van der Waals surface area contributed by atoms with Crippen LogP contribution in [-0.4, -0.2) is 34.1 Å². The molecule has 1 saturated heterocycles. The zero-order valence-corrected chi connectivity index (χ0v) is 11.8. The molecule has 0 saturated carbocycles. The van der Waals surface area contributed by atoms with Gasteiger partial charge < -0.3 is 14.7 Å². The highest BCUT2D eigenvalue weighted by Crippen LogP contribution is 2.35. The number of carboxylic acid groups (broad SMARTS) is 1. The van der Waals surface area contributed by atoms with Gasteiger partial charge >= 0.3 is 19.9 Å². The largest absolute Gasteiger partial charge is 0.477 e. The zero-order chi connectivity index (χ0) is 15.5. The summed E-state index contributed by atoms with van der Waals surface area (Å²) in [5.74, 6) is -1.14. The fourth-order valence-electron chi connectivity index (χ4n) is 2.28. The molecular weight excluding hydrogens is 305 g/mol. The Balaban J connectivity index is 2.44. The molecule has 0 aliphatic carbocycles. The van der Waals surface area contributed by atoms with E-state index in [1.165, 1.54) is 29.1 Å². The molecule has 1 aromatic rings. The van der Waals surface area contributed by atoms with Crippen molar-refractivity contribution in [2.24, 2.45) is 0 Å². The molecule has 3 N–H and O–H groups in total. The Labute approximate surface area is 120 Å². The van der Waals surface area contributed by atoms with Crippen LogP contribution in [0.25, 0.3) is 0 Å².